The fraction of sp³-hybridized carbons (Fsp3) is 0.562. The van der Waals surface area contributed by atoms with Crippen LogP contribution in [0.5, 0.6) is 0 Å². The molecule has 0 saturated carbocycles. The van der Waals surface area contributed by atoms with Gasteiger partial charge in [0.25, 0.3) is 0 Å². The van der Waals surface area contributed by atoms with Crippen molar-refractivity contribution in [3.05, 3.63) is 29.8 Å². The predicted molar refractivity (Wildman–Crippen MR) is 86.2 cm³/mol. The molecule has 0 radical (unpaired) electrons. The summed E-state index contributed by atoms with van der Waals surface area (Å²) in [4.78, 5) is 15.3. The molecule has 1 aliphatic rings. The van der Waals surface area contributed by atoms with E-state index in [4.69, 9.17) is 15.2 Å². The van der Waals surface area contributed by atoms with E-state index in [0.29, 0.717) is 13.0 Å². The molecule has 1 fully saturated rings. The average molecular weight is 307 g/mol. The molecule has 0 aromatic heterocycles. The summed E-state index contributed by atoms with van der Waals surface area (Å²) in [5.74, 6) is 0. The van der Waals surface area contributed by atoms with Crippen molar-refractivity contribution in [1.29, 1.82) is 0 Å². The van der Waals surface area contributed by atoms with E-state index in [0.717, 1.165) is 44.9 Å². The van der Waals surface area contributed by atoms with Crippen LogP contribution in [0.1, 0.15) is 5.56 Å². The molecular weight excluding hydrogens is 282 g/mol. The molecule has 0 atom stereocenters. The zero-order valence-electron chi connectivity index (χ0n) is 13.2. The molecule has 1 aliphatic heterocycles. The summed E-state index contributed by atoms with van der Waals surface area (Å²) in [6, 6.07) is 8.42. The first-order valence-electron chi connectivity index (χ1n) is 7.66. The maximum atomic E-state index is 10.5. The topological polar surface area (TPSA) is 68.0 Å². The Morgan fingerprint density at radius 3 is 2.41 bits per heavy atom. The van der Waals surface area contributed by atoms with E-state index < -0.39 is 6.09 Å². The van der Waals surface area contributed by atoms with Crippen LogP contribution in [0.2, 0.25) is 0 Å². The summed E-state index contributed by atoms with van der Waals surface area (Å²) in [6.45, 7) is 6.33. The Morgan fingerprint density at radius 1 is 1.14 bits per heavy atom. The van der Waals surface area contributed by atoms with Crippen LogP contribution in [-0.4, -0.2) is 64.0 Å². The van der Waals surface area contributed by atoms with E-state index in [1.165, 1.54) is 5.69 Å². The van der Waals surface area contributed by atoms with Crippen molar-refractivity contribution < 1.29 is 14.3 Å². The van der Waals surface area contributed by atoms with Gasteiger partial charge in [-0.05, 0) is 17.7 Å². The first-order chi connectivity index (χ1) is 10.7. The second kappa shape index (κ2) is 8.60. The van der Waals surface area contributed by atoms with Crippen LogP contribution in [0.15, 0.2) is 24.3 Å². The summed E-state index contributed by atoms with van der Waals surface area (Å²) >= 11 is 0. The molecule has 0 aliphatic carbocycles. The normalized spacial score (nSPS) is 15.8. The van der Waals surface area contributed by atoms with Crippen molar-refractivity contribution in [2.75, 3.05) is 57.9 Å². The van der Waals surface area contributed by atoms with Gasteiger partial charge in [0.05, 0.1) is 13.2 Å². The molecule has 1 heterocycles. The largest absolute Gasteiger partial charge is 0.449 e. The molecule has 1 saturated heterocycles. The van der Waals surface area contributed by atoms with Crippen LogP contribution in [-0.2, 0) is 15.9 Å². The molecule has 1 amide bonds. The highest BCUT2D eigenvalue weighted by atomic mass is 16.5. The lowest BCUT2D eigenvalue weighted by molar-refractivity contribution is 0.144. The van der Waals surface area contributed by atoms with Gasteiger partial charge in [-0.1, -0.05) is 12.1 Å². The molecule has 122 valence electrons. The first-order valence-corrected chi connectivity index (χ1v) is 7.66. The zero-order valence-corrected chi connectivity index (χ0v) is 13.2. The first kappa shape index (κ1) is 16.6. The summed E-state index contributed by atoms with van der Waals surface area (Å²) in [6.07, 6.45) is -0.0310. The third-order valence-electron chi connectivity index (χ3n) is 3.92. The number of benzene rings is 1. The van der Waals surface area contributed by atoms with Crippen molar-refractivity contribution in [3.63, 3.8) is 0 Å². The van der Waals surface area contributed by atoms with Gasteiger partial charge in [0.2, 0.25) is 0 Å². The monoisotopic (exact) mass is 307 g/mol. The third-order valence-corrected chi connectivity index (χ3v) is 3.92. The van der Waals surface area contributed by atoms with E-state index in [-0.39, 0.29) is 0 Å². The second-order valence-electron chi connectivity index (χ2n) is 5.41. The lowest BCUT2D eigenvalue weighted by Crippen LogP contribution is -2.47. The fourth-order valence-electron chi connectivity index (χ4n) is 2.59. The molecule has 2 N–H and O–H groups in total. The SMILES string of the molecule is COCCN1CCN(c2ccc(CCOC(N)=O)cc2)CC1. The quantitative estimate of drug-likeness (QED) is 0.817. The number of methoxy groups -OCH3 is 1. The van der Waals surface area contributed by atoms with Gasteiger partial charge < -0.3 is 20.1 Å². The average Bonchev–Trinajstić information content (AvgIpc) is 2.54. The Kier molecular flexibility index (Phi) is 6.48. The van der Waals surface area contributed by atoms with Crippen LogP contribution in [0, 0.1) is 0 Å². The number of carbonyl (C=O) groups is 1. The number of rotatable bonds is 7. The number of piperazine rings is 1. The zero-order chi connectivity index (χ0) is 15.8. The number of anilines is 1. The molecule has 0 bridgehead atoms. The second-order valence-corrected chi connectivity index (χ2v) is 5.41. The van der Waals surface area contributed by atoms with Crippen LogP contribution in [0.25, 0.3) is 0 Å². The van der Waals surface area contributed by atoms with Crippen molar-refractivity contribution in [2.45, 2.75) is 6.42 Å². The van der Waals surface area contributed by atoms with Gasteiger partial charge in [0, 0.05) is 51.9 Å². The van der Waals surface area contributed by atoms with Gasteiger partial charge in [0.1, 0.15) is 0 Å². The smallest absolute Gasteiger partial charge is 0.404 e. The lowest BCUT2D eigenvalue weighted by Gasteiger charge is -2.36. The van der Waals surface area contributed by atoms with Crippen LogP contribution >= 0.6 is 0 Å². The number of ether oxygens (including phenoxy) is 2. The number of carbonyl (C=O) groups excluding carboxylic acids is 1. The van der Waals surface area contributed by atoms with Crippen molar-refractivity contribution in [3.8, 4) is 0 Å². The Hall–Kier alpha value is -1.79. The molecule has 6 heteroatoms. The molecule has 22 heavy (non-hydrogen) atoms. The predicted octanol–water partition coefficient (Wildman–Crippen LogP) is 1.09. The summed E-state index contributed by atoms with van der Waals surface area (Å²) in [5.41, 5.74) is 7.32. The van der Waals surface area contributed by atoms with Crippen LogP contribution < -0.4 is 10.6 Å². The summed E-state index contributed by atoms with van der Waals surface area (Å²) in [7, 11) is 1.74. The summed E-state index contributed by atoms with van der Waals surface area (Å²) in [5, 5.41) is 0. The minimum Gasteiger partial charge on any atom is -0.449 e. The highest BCUT2D eigenvalue weighted by molar-refractivity contribution is 5.64. The summed E-state index contributed by atoms with van der Waals surface area (Å²) < 4.78 is 9.87. The van der Waals surface area contributed by atoms with E-state index in [9.17, 15) is 4.79 Å². The molecular formula is C16H25N3O3. The molecule has 1 aromatic carbocycles. The number of amides is 1. The van der Waals surface area contributed by atoms with Gasteiger partial charge >= 0.3 is 6.09 Å². The Bertz CT molecular complexity index is 456. The molecule has 2 rings (SSSR count). The van der Waals surface area contributed by atoms with E-state index >= 15 is 0 Å². The highest BCUT2D eigenvalue weighted by Gasteiger charge is 2.16. The number of hydrogen-bond acceptors (Lipinski definition) is 5. The van der Waals surface area contributed by atoms with Crippen molar-refractivity contribution in [2.24, 2.45) is 5.73 Å². The highest BCUT2D eigenvalue weighted by Crippen LogP contribution is 2.17. The van der Waals surface area contributed by atoms with Gasteiger partial charge in [0.15, 0.2) is 0 Å². The van der Waals surface area contributed by atoms with Crippen LogP contribution in [0.3, 0.4) is 0 Å². The van der Waals surface area contributed by atoms with Gasteiger partial charge in [-0.15, -0.1) is 0 Å². The molecule has 1 aromatic rings. The van der Waals surface area contributed by atoms with E-state index in [2.05, 4.69) is 34.1 Å². The van der Waals surface area contributed by atoms with Gasteiger partial charge in [-0.3, -0.25) is 4.90 Å². The van der Waals surface area contributed by atoms with Gasteiger partial charge in [-0.2, -0.15) is 0 Å². The number of nitrogens with two attached hydrogens (primary N) is 1. The molecule has 6 nitrogen and oxygen atoms in total. The van der Waals surface area contributed by atoms with Crippen molar-refractivity contribution >= 4 is 11.8 Å². The number of primary amides is 1. The third kappa shape index (κ3) is 5.20. The fourth-order valence-corrected chi connectivity index (χ4v) is 2.59. The Labute approximate surface area is 131 Å². The van der Waals surface area contributed by atoms with E-state index in [1.54, 1.807) is 7.11 Å². The van der Waals surface area contributed by atoms with E-state index in [1.807, 2.05) is 0 Å². The molecule has 0 spiro atoms. The van der Waals surface area contributed by atoms with Crippen molar-refractivity contribution in [1.82, 2.24) is 4.90 Å². The molecule has 0 unspecified atom stereocenters. The minimum atomic E-state index is -0.719. The Balaban J connectivity index is 1.77. The maximum absolute atomic E-state index is 10.5. The number of hydrogen-bond donors (Lipinski definition) is 1. The Morgan fingerprint density at radius 2 is 1.82 bits per heavy atom. The maximum Gasteiger partial charge on any atom is 0.404 e. The van der Waals surface area contributed by atoms with Crippen LogP contribution in [0.4, 0.5) is 10.5 Å². The standard InChI is InChI=1S/C16H25N3O3/c1-21-13-11-18-7-9-19(10-8-18)15-4-2-14(3-5-15)6-12-22-16(17)20/h2-5H,6-13H2,1H3,(H2,17,20). The lowest BCUT2D eigenvalue weighted by atomic mass is 10.1. The number of nitrogens with zero attached hydrogens (tertiary/aromatic N) is 2. The van der Waals surface area contributed by atoms with Gasteiger partial charge in [-0.25, -0.2) is 4.79 Å². The minimum absolute atomic E-state index is 0.326.